The highest BCUT2D eigenvalue weighted by Gasteiger charge is 2.31. The number of hydrogen-bond acceptors (Lipinski definition) is 1. The molecule has 2 nitrogen and oxygen atoms in total. The second-order valence-corrected chi connectivity index (χ2v) is 5.88. The molecule has 0 amide bonds. The lowest BCUT2D eigenvalue weighted by Gasteiger charge is -2.19. The fraction of sp³-hybridized carbons (Fsp3) is 0.727. The zero-order valence-electron chi connectivity index (χ0n) is 9.08. The molecule has 0 aromatic carbocycles. The summed E-state index contributed by atoms with van der Waals surface area (Å²) in [5.74, 6) is 0.464. The molecule has 1 heterocycles. The number of halogens is 2. The van der Waals surface area contributed by atoms with Gasteiger partial charge < -0.3 is 0 Å². The van der Waals surface area contributed by atoms with Crippen LogP contribution in [0.5, 0.6) is 0 Å². The predicted octanol–water partition coefficient (Wildman–Crippen LogP) is 4.10. The highest BCUT2D eigenvalue weighted by molar-refractivity contribution is 9.10. The van der Waals surface area contributed by atoms with E-state index in [-0.39, 0.29) is 5.38 Å². The lowest BCUT2D eigenvalue weighted by atomic mass is 10.0. The molecule has 1 aliphatic rings. The van der Waals surface area contributed by atoms with Gasteiger partial charge in [-0.3, -0.25) is 4.68 Å². The molecule has 2 unspecified atom stereocenters. The molecule has 0 spiro atoms. The van der Waals surface area contributed by atoms with E-state index < -0.39 is 0 Å². The van der Waals surface area contributed by atoms with Crippen LogP contribution in [0, 0.1) is 0 Å². The summed E-state index contributed by atoms with van der Waals surface area (Å²) in [5.41, 5.74) is 1.28. The first-order chi connectivity index (χ1) is 7.11. The first-order valence-electron chi connectivity index (χ1n) is 5.48. The summed E-state index contributed by atoms with van der Waals surface area (Å²) < 4.78 is 3.20. The van der Waals surface area contributed by atoms with Crippen LogP contribution in [0.2, 0.25) is 0 Å². The van der Waals surface area contributed by atoms with Gasteiger partial charge in [0.1, 0.15) is 0 Å². The molecule has 1 aromatic rings. The van der Waals surface area contributed by atoms with Gasteiger partial charge in [-0.15, -0.1) is 11.6 Å². The Labute approximate surface area is 104 Å². The van der Waals surface area contributed by atoms with Crippen LogP contribution in [0.25, 0.3) is 0 Å². The Morgan fingerprint density at radius 2 is 2.27 bits per heavy atom. The number of alkyl halides is 1. The van der Waals surface area contributed by atoms with Crippen LogP contribution in [-0.4, -0.2) is 15.2 Å². The maximum atomic E-state index is 6.36. The third-order valence-corrected chi connectivity index (χ3v) is 4.19. The molecule has 0 radical (unpaired) electrons. The summed E-state index contributed by atoms with van der Waals surface area (Å²) in [6.45, 7) is 4.31. The topological polar surface area (TPSA) is 17.8 Å². The number of aromatic nitrogens is 2. The molecule has 1 fully saturated rings. The van der Waals surface area contributed by atoms with Gasteiger partial charge >= 0.3 is 0 Å². The molecule has 1 saturated carbocycles. The summed E-state index contributed by atoms with van der Waals surface area (Å²) in [6.07, 6.45) is 5.43. The van der Waals surface area contributed by atoms with E-state index in [1.165, 1.54) is 18.5 Å². The lowest BCUT2D eigenvalue weighted by Crippen LogP contribution is -2.14. The van der Waals surface area contributed by atoms with Crippen molar-refractivity contribution in [1.29, 1.82) is 0 Å². The van der Waals surface area contributed by atoms with Gasteiger partial charge in [0, 0.05) is 17.3 Å². The van der Waals surface area contributed by atoms with Gasteiger partial charge in [0.2, 0.25) is 0 Å². The van der Waals surface area contributed by atoms with Gasteiger partial charge in [-0.2, -0.15) is 5.10 Å². The van der Waals surface area contributed by atoms with Gasteiger partial charge in [0.15, 0.2) is 0 Å². The van der Waals surface area contributed by atoms with E-state index in [1.54, 1.807) is 0 Å². The summed E-state index contributed by atoms with van der Waals surface area (Å²) >= 11 is 9.94. The Balaban J connectivity index is 2.37. The summed E-state index contributed by atoms with van der Waals surface area (Å²) in [7, 11) is 0. The van der Waals surface area contributed by atoms with Crippen LogP contribution in [-0.2, 0) is 0 Å². The molecule has 0 N–H and O–H groups in total. The van der Waals surface area contributed by atoms with Gasteiger partial charge in [-0.05, 0) is 42.6 Å². The first kappa shape index (κ1) is 11.5. The third kappa shape index (κ3) is 2.09. The van der Waals surface area contributed by atoms with Crippen molar-refractivity contribution in [2.45, 2.75) is 50.4 Å². The Hall–Kier alpha value is -0.0200. The van der Waals surface area contributed by atoms with Crippen molar-refractivity contribution in [3.05, 3.63) is 16.4 Å². The molecule has 15 heavy (non-hydrogen) atoms. The standard InChI is InChI=1S/C11H16BrClN2/c1-7(2)15-11(9(12)6-14-15)8-4-3-5-10(8)13/h6-8,10H,3-5H2,1-2H3. The Morgan fingerprint density at radius 1 is 1.53 bits per heavy atom. The molecular formula is C11H16BrClN2. The van der Waals surface area contributed by atoms with E-state index in [0.29, 0.717) is 12.0 Å². The second kappa shape index (κ2) is 4.46. The average molecular weight is 292 g/mol. The van der Waals surface area contributed by atoms with Gasteiger partial charge in [0.25, 0.3) is 0 Å². The van der Waals surface area contributed by atoms with E-state index in [1.807, 2.05) is 6.20 Å². The highest BCUT2D eigenvalue weighted by Crippen LogP contribution is 2.41. The zero-order valence-corrected chi connectivity index (χ0v) is 11.4. The molecule has 2 atom stereocenters. The molecular weight excluding hydrogens is 275 g/mol. The number of hydrogen-bond donors (Lipinski definition) is 0. The molecule has 0 aliphatic heterocycles. The molecule has 0 saturated heterocycles. The summed E-state index contributed by atoms with van der Waals surface area (Å²) in [4.78, 5) is 0. The average Bonchev–Trinajstić information content (AvgIpc) is 2.71. The smallest absolute Gasteiger partial charge is 0.0635 e. The van der Waals surface area contributed by atoms with Crippen molar-refractivity contribution in [2.24, 2.45) is 0 Å². The largest absolute Gasteiger partial charge is 0.266 e. The van der Waals surface area contributed by atoms with Crippen LogP contribution >= 0.6 is 27.5 Å². The van der Waals surface area contributed by atoms with Crippen LogP contribution in [0.1, 0.15) is 50.8 Å². The second-order valence-electron chi connectivity index (χ2n) is 4.47. The van der Waals surface area contributed by atoms with Crippen LogP contribution in [0.3, 0.4) is 0 Å². The summed E-state index contributed by atoms with van der Waals surface area (Å²) in [5, 5.41) is 4.68. The van der Waals surface area contributed by atoms with Gasteiger partial charge in [0.05, 0.1) is 16.4 Å². The quantitative estimate of drug-likeness (QED) is 0.750. The minimum absolute atomic E-state index is 0.274. The Bertz CT molecular complexity index is 348. The van der Waals surface area contributed by atoms with Crippen molar-refractivity contribution in [3.8, 4) is 0 Å². The number of rotatable bonds is 2. The fourth-order valence-electron chi connectivity index (χ4n) is 2.33. The monoisotopic (exact) mass is 290 g/mol. The van der Waals surface area contributed by atoms with Crippen LogP contribution < -0.4 is 0 Å². The normalized spacial score (nSPS) is 26.5. The SMILES string of the molecule is CC(C)n1ncc(Br)c1C1CCCC1Cl. The van der Waals surface area contributed by atoms with E-state index in [0.717, 1.165) is 10.9 Å². The molecule has 0 bridgehead atoms. The van der Waals surface area contributed by atoms with Gasteiger partial charge in [-0.1, -0.05) is 6.42 Å². The van der Waals surface area contributed by atoms with Crippen molar-refractivity contribution >= 4 is 27.5 Å². The first-order valence-corrected chi connectivity index (χ1v) is 6.71. The lowest BCUT2D eigenvalue weighted by molar-refractivity contribution is 0.485. The predicted molar refractivity (Wildman–Crippen MR) is 66.5 cm³/mol. The molecule has 1 aromatic heterocycles. The van der Waals surface area contributed by atoms with E-state index in [9.17, 15) is 0 Å². The van der Waals surface area contributed by atoms with Crippen molar-refractivity contribution in [3.63, 3.8) is 0 Å². The molecule has 4 heteroatoms. The minimum atomic E-state index is 0.274. The number of nitrogens with zero attached hydrogens (tertiary/aromatic N) is 2. The maximum absolute atomic E-state index is 6.36. The van der Waals surface area contributed by atoms with Crippen LogP contribution in [0.4, 0.5) is 0 Å². The Morgan fingerprint density at radius 3 is 2.80 bits per heavy atom. The van der Waals surface area contributed by atoms with E-state index in [4.69, 9.17) is 11.6 Å². The van der Waals surface area contributed by atoms with Gasteiger partial charge in [-0.25, -0.2) is 0 Å². The summed E-state index contributed by atoms with van der Waals surface area (Å²) in [6, 6.07) is 0.399. The van der Waals surface area contributed by atoms with E-state index >= 15 is 0 Å². The maximum Gasteiger partial charge on any atom is 0.0635 e. The van der Waals surface area contributed by atoms with Crippen molar-refractivity contribution < 1.29 is 0 Å². The van der Waals surface area contributed by atoms with E-state index in [2.05, 4.69) is 39.6 Å². The Kier molecular flexibility index (Phi) is 3.41. The molecule has 1 aliphatic carbocycles. The minimum Gasteiger partial charge on any atom is -0.266 e. The fourth-order valence-corrected chi connectivity index (χ4v) is 3.30. The van der Waals surface area contributed by atoms with Crippen LogP contribution in [0.15, 0.2) is 10.7 Å². The molecule has 2 rings (SSSR count). The highest BCUT2D eigenvalue weighted by atomic mass is 79.9. The van der Waals surface area contributed by atoms with Crippen molar-refractivity contribution in [1.82, 2.24) is 9.78 Å². The third-order valence-electron chi connectivity index (χ3n) is 3.06. The molecule has 84 valence electrons. The zero-order chi connectivity index (χ0) is 11.0. The van der Waals surface area contributed by atoms with Crippen molar-refractivity contribution in [2.75, 3.05) is 0 Å².